The van der Waals surface area contributed by atoms with E-state index >= 15 is 0 Å². The van der Waals surface area contributed by atoms with Gasteiger partial charge in [-0.1, -0.05) is 6.07 Å². The highest BCUT2D eigenvalue weighted by atomic mass is 16.5. The van der Waals surface area contributed by atoms with Crippen molar-refractivity contribution < 1.29 is 14.6 Å². The Kier molecular flexibility index (Phi) is 5.48. The predicted molar refractivity (Wildman–Crippen MR) is 83.8 cm³/mol. The molecule has 21 heavy (non-hydrogen) atoms. The minimum absolute atomic E-state index is 0.135. The van der Waals surface area contributed by atoms with Gasteiger partial charge in [0, 0.05) is 19.7 Å². The number of benzene rings is 1. The highest BCUT2D eigenvalue weighted by Gasteiger charge is 2.41. The summed E-state index contributed by atoms with van der Waals surface area (Å²) in [5.74, 6) is 1.56. The Labute approximate surface area is 127 Å². The maximum atomic E-state index is 9.07. The molecule has 0 amide bonds. The molecule has 1 aromatic carbocycles. The van der Waals surface area contributed by atoms with Crippen molar-refractivity contribution in [2.45, 2.75) is 45.8 Å². The molecule has 0 saturated heterocycles. The molecule has 2 N–H and O–H groups in total. The number of aliphatic hydroxyl groups is 1. The van der Waals surface area contributed by atoms with E-state index in [9.17, 15) is 0 Å². The standard InChI is InChI=1S/C17H27NO3/c1-13(2)21-15-5-4-14(10-16(15)20-3)11-18-12-17(6-7-17)8-9-19/h4-5,10,13,18-19H,6-9,11-12H2,1-3H3. The van der Waals surface area contributed by atoms with Gasteiger partial charge in [-0.25, -0.2) is 0 Å². The van der Waals surface area contributed by atoms with E-state index in [-0.39, 0.29) is 12.7 Å². The van der Waals surface area contributed by atoms with Gasteiger partial charge < -0.3 is 19.9 Å². The van der Waals surface area contributed by atoms with Crippen molar-refractivity contribution in [1.82, 2.24) is 5.32 Å². The molecule has 4 heteroatoms. The summed E-state index contributed by atoms with van der Waals surface area (Å²) < 4.78 is 11.1. The smallest absolute Gasteiger partial charge is 0.161 e. The van der Waals surface area contributed by atoms with E-state index in [0.717, 1.165) is 31.0 Å². The van der Waals surface area contributed by atoms with Crippen LogP contribution in [0.2, 0.25) is 0 Å². The van der Waals surface area contributed by atoms with Gasteiger partial charge in [0.15, 0.2) is 11.5 Å². The van der Waals surface area contributed by atoms with E-state index in [1.54, 1.807) is 7.11 Å². The van der Waals surface area contributed by atoms with Crippen LogP contribution in [0.1, 0.15) is 38.7 Å². The number of rotatable bonds is 9. The highest BCUT2D eigenvalue weighted by molar-refractivity contribution is 5.43. The fourth-order valence-corrected chi connectivity index (χ4v) is 2.57. The van der Waals surface area contributed by atoms with Crippen molar-refractivity contribution in [3.63, 3.8) is 0 Å². The van der Waals surface area contributed by atoms with E-state index in [2.05, 4.69) is 11.4 Å². The largest absolute Gasteiger partial charge is 0.493 e. The van der Waals surface area contributed by atoms with Gasteiger partial charge in [0.25, 0.3) is 0 Å². The first-order chi connectivity index (χ1) is 10.1. The van der Waals surface area contributed by atoms with Crippen LogP contribution in [0, 0.1) is 5.41 Å². The summed E-state index contributed by atoms with van der Waals surface area (Å²) in [6, 6.07) is 6.06. The fraction of sp³-hybridized carbons (Fsp3) is 0.647. The molecule has 0 aromatic heterocycles. The second-order valence-electron chi connectivity index (χ2n) is 6.23. The molecule has 1 aliphatic carbocycles. The third-order valence-electron chi connectivity index (χ3n) is 4.02. The van der Waals surface area contributed by atoms with E-state index in [0.29, 0.717) is 5.41 Å². The molecule has 0 unspecified atom stereocenters. The number of hydrogen-bond donors (Lipinski definition) is 2. The summed E-state index contributed by atoms with van der Waals surface area (Å²) >= 11 is 0. The van der Waals surface area contributed by atoms with E-state index < -0.39 is 0 Å². The summed E-state index contributed by atoms with van der Waals surface area (Å²) in [5.41, 5.74) is 1.53. The Morgan fingerprint density at radius 1 is 1.29 bits per heavy atom. The van der Waals surface area contributed by atoms with Gasteiger partial charge in [0.1, 0.15) is 0 Å². The number of ether oxygens (including phenoxy) is 2. The number of nitrogens with one attached hydrogen (secondary N) is 1. The van der Waals surface area contributed by atoms with E-state index in [1.165, 1.54) is 18.4 Å². The Balaban J connectivity index is 1.89. The second kappa shape index (κ2) is 7.14. The maximum absolute atomic E-state index is 9.07. The van der Waals surface area contributed by atoms with Gasteiger partial charge in [0.2, 0.25) is 0 Å². The van der Waals surface area contributed by atoms with Crippen molar-refractivity contribution in [2.24, 2.45) is 5.41 Å². The molecule has 0 heterocycles. The number of aliphatic hydroxyl groups excluding tert-OH is 1. The molecule has 0 atom stereocenters. The normalized spacial score (nSPS) is 16.0. The lowest BCUT2D eigenvalue weighted by atomic mass is 10.0. The predicted octanol–water partition coefficient (Wildman–Crippen LogP) is 2.73. The van der Waals surface area contributed by atoms with Gasteiger partial charge in [-0.2, -0.15) is 0 Å². The lowest BCUT2D eigenvalue weighted by Gasteiger charge is -2.16. The van der Waals surface area contributed by atoms with Crippen LogP contribution in [-0.4, -0.2) is 31.5 Å². The van der Waals surface area contributed by atoms with Gasteiger partial charge in [0.05, 0.1) is 13.2 Å². The Bertz CT molecular complexity index is 455. The van der Waals surface area contributed by atoms with Crippen molar-refractivity contribution in [2.75, 3.05) is 20.3 Å². The monoisotopic (exact) mass is 293 g/mol. The first-order valence-electron chi connectivity index (χ1n) is 7.74. The molecular weight excluding hydrogens is 266 g/mol. The minimum Gasteiger partial charge on any atom is -0.493 e. The lowest BCUT2D eigenvalue weighted by molar-refractivity contribution is 0.230. The summed E-state index contributed by atoms with van der Waals surface area (Å²) in [7, 11) is 1.67. The molecule has 4 nitrogen and oxygen atoms in total. The van der Waals surface area contributed by atoms with Crippen LogP contribution in [0.15, 0.2) is 18.2 Å². The zero-order valence-corrected chi connectivity index (χ0v) is 13.3. The zero-order valence-electron chi connectivity index (χ0n) is 13.3. The molecule has 1 saturated carbocycles. The average molecular weight is 293 g/mol. The molecule has 1 aromatic rings. The van der Waals surface area contributed by atoms with Gasteiger partial charge >= 0.3 is 0 Å². The SMILES string of the molecule is COc1cc(CNCC2(CCO)CC2)ccc1OC(C)C. The van der Waals surface area contributed by atoms with E-state index in [1.807, 2.05) is 26.0 Å². The maximum Gasteiger partial charge on any atom is 0.161 e. The van der Waals surface area contributed by atoms with Gasteiger partial charge in [-0.3, -0.25) is 0 Å². The van der Waals surface area contributed by atoms with Crippen LogP contribution in [0.25, 0.3) is 0 Å². The molecule has 1 aliphatic rings. The van der Waals surface area contributed by atoms with Crippen molar-refractivity contribution in [3.05, 3.63) is 23.8 Å². The summed E-state index contributed by atoms with van der Waals surface area (Å²) in [6.07, 6.45) is 3.50. The first kappa shape index (κ1) is 16.1. The molecule has 1 fully saturated rings. The Hall–Kier alpha value is -1.26. The first-order valence-corrected chi connectivity index (χ1v) is 7.74. The third-order valence-corrected chi connectivity index (χ3v) is 4.02. The second-order valence-corrected chi connectivity index (χ2v) is 6.23. The van der Waals surface area contributed by atoms with Crippen LogP contribution in [0.3, 0.4) is 0 Å². The molecule has 0 spiro atoms. The molecule has 0 radical (unpaired) electrons. The molecular formula is C17H27NO3. The molecule has 0 bridgehead atoms. The Morgan fingerprint density at radius 2 is 2.05 bits per heavy atom. The van der Waals surface area contributed by atoms with Crippen molar-refractivity contribution in [1.29, 1.82) is 0 Å². The molecule has 2 rings (SSSR count). The van der Waals surface area contributed by atoms with Crippen LogP contribution in [-0.2, 0) is 6.54 Å². The summed E-state index contributed by atoms with van der Waals surface area (Å²) in [5, 5.41) is 12.6. The third kappa shape index (κ3) is 4.61. The minimum atomic E-state index is 0.135. The van der Waals surface area contributed by atoms with Gasteiger partial charge in [-0.15, -0.1) is 0 Å². The topological polar surface area (TPSA) is 50.7 Å². The molecule has 118 valence electrons. The lowest BCUT2D eigenvalue weighted by Crippen LogP contribution is -2.24. The molecule has 0 aliphatic heterocycles. The quantitative estimate of drug-likeness (QED) is 0.735. The van der Waals surface area contributed by atoms with Crippen LogP contribution < -0.4 is 14.8 Å². The Morgan fingerprint density at radius 3 is 2.62 bits per heavy atom. The van der Waals surface area contributed by atoms with Gasteiger partial charge in [-0.05, 0) is 56.2 Å². The van der Waals surface area contributed by atoms with Crippen molar-refractivity contribution in [3.8, 4) is 11.5 Å². The van der Waals surface area contributed by atoms with E-state index in [4.69, 9.17) is 14.6 Å². The van der Waals surface area contributed by atoms with Crippen LogP contribution in [0.4, 0.5) is 0 Å². The van der Waals surface area contributed by atoms with Crippen LogP contribution >= 0.6 is 0 Å². The van der Waals surface area contributed by atoms with Crippen LogP contribution in [0.5, 0.6) is 11.5 Å². The highest BCUT2D eigenvalue weighted by Crippen LogP contribution is 2.47. The average Bonchev–Trinajstić information content (AvgIpc) is 3.20. The summed E-state index contributed by atoms with van der Waals surface area (Å²) in [4.78, 5) is 0. The fourth-order valence-electron chi connectivity index (χ4n) is 2.57. The zero-order chi connectivity index (χ0) is 15.3. The number of methoxy groups -OCH3 is 1. The number of hydrogen-bond acceptors (Lipinski definition) is 4. The summed E-state index contributed by atoms with van der Waals surface area (Å²) in [6.45, 7) is 6.08. The van der Waals surface area contributed by atoms with Crippen molar-refractivity contribution >= 4 is 0 Å².